The Morgan fingerprint density at radius 2 is 2.11 bits per heavy atom. The molecule has 1 unspecified atom stereocenters. The number of aliphatic carboxylic acids is 1. The molecule has 0 aliphatic rings. The molecule has 1 amide bonds. The lowest BCUT2D eigenvalue weighted by molar-refractivity contribution is -0.142. The second-order valence-corrected chi connectivity index (χ2v) is 5.11. The third kappa shape index (κ3) is 5.26. The Balaban J connectivity index is 2.59. The molecule has 19 heavy (non-hydrogen) atoms. The SMILES string of the molecule is CC(C)CC(CNC(=O)c1cccc(Cl)n1)C(=O)O. The van der Waals surface area contributed by atoms with Crippen molar-refractivity contribution in [1.29, 1.82) is 0 Å². The summed E-state index contributed by atoms with van der Waals surface area (Å²) in [5.41, 5.74) is 0.182. The van der Waals surface area contributed by atoms with Crippen LogP contribution in [0.4, 0.5) is 0 Å². The molecule has 0 radical (unpaired) electrons. The van der Waals surface area contributed by atoms with Crippen molar-refractivity contribution in [2.75, 3.05) is 6.54 Å². The number of carboxylic acid groups (broad SMARTS) is 1. The Bertz CT molecular complexity index is 463. The first kappa shape index (κ1) is 15.4. The van der Waals surface area contributed by atoms with Gasteiger partial charge in [0.1, 0.15) is 10.8 Å². The molecule has 6 heteroatoms. The molecule has 0 aromatic carbocycles. The van der Waals surface area contributed by atoms with Crippen molar-refractivity contribution in [2.45, 2.75) is 20.3 Å². The van der Waals surface area contributed by atoms with Gasteiger partial charge in [-0.1, -0.05) is 31.5 Å². The van der Waals surface area contributed by atoms with E-state index in [1.54, 1.807) is 12.1 Å². The molecule has 1 rings (SSSR count). The van der Waals surface area contributed by atoms with Crippen LogP contribution in [-0.4, -0.2) is 28.5 Å². The fourth-order valence-corrected chi connectivity index (χ4v) is 1.85. The van der Waals surface area contributed by atoms with Gasteiger partial charge in [-0.2, -0.15) is 0 Å². The minimum Gasteiger partial charge on any atom is -0.481 e. The van der Waals surface area contributed by atoms with E-state index in [2.05, 4.69) is 10.3 Å². The van der Waals surface area contributed by atoms with Crippen molar-refractivity contribution in [3.05, 3.63) is 29.0 Å². The van der Waals surface area contributed by atoms with Crippen LogP contribution >= 0.6 is 11.6 Å². The number of hydrogen-bond acceptors (Lipinski definition) is 3. The maximum atomic E-state index is 11.8. The van der Waals surface area contributed by atoms with E-state index in [-0.39, 0.29) is 23.3 Å². The summed E-state index contributed by atoms with van der Waals surface area (Å²) >= 11 is 5.69. The normalized spacial score (nSPS) is 12.2. The number of nitrogens with zero attached hydrogens (tertiary/aromatic N) is 1. The van der Waals surface area contributed by atoms with Gasteiger partial charge in [0.05, 0.1) is 5.92 Å². The number of carbonyl (C=O) groups is 2. The third-order valence-corrected chi connectivity index (χ3v) is 2.77. The molecule has 104 valence electrons. The number of hydrogen-bond donors (Lipinski definition) is 2. The van der Waals surface area contributed by atoms with Gasteiger partial charge >= 0.3 is 5.97 Å². The van der Waals surface area contributed by atoms with Crippen LogP contribution in [-0.2, 0) is 4.79 Å². The van der Waals surface area contributed by atoms with E-state index in [0.717, 1.165) is 0 Å². The van der Waals surface area contributed by atoms with Gasteiger partial charge in [0.25, 0.3) is 5.91 Å². The van der Waals surface area contributed by atoms with Crippen LogP contribution in [0, 0.1) is 11.8 Å². The van der Waals surface area contributed by atoms with Crippen molar-refractivity contribution < 1.29 is 14.7 Å². The van der Waals surface area contributed by atoms with Crippen LogP contribution in [0.2, 0.25) is 5.15 Å². The molecule has 1 aromatic heterocycles. The highest BCUT2D eigenvalue weighted by atomic mass is 35.5. The topological polar surface area (TPSA) is 79.3 Å². The zero-order valence-electron chi connectivity index (χ0n) is 10.9. The summed E-state index contributed by atoms with van der Waals surface area (Å²) in [6, 6.07) is 4.71. The first-order chi connectivity index (χ1) is 8.90. The van der Waals surface area contributed by atoms with Crippen LogP contribution in [0.5, 0.6) is 0 Å². The van der Waals surface area contributed by atoms with E-state index >= 15 is 0 Å². The number of carbonyl (C=O) groups excluding carboxylic acids is 1. The van der Waals surface area contributed by atoms with Gasteiger partial charge in [-0.3, -0.25) is 9.59 Å². The van der Waals surface area contributed by atoms with Crippen LogP contribution in [0.3, 0.4) is 0 Å². The van der Waals surface area contributed by atoms with Crippen molar-refractivity contribution >= 4 is 23.5 Å². The van der Waals surface area contributed by atoms with Gasteiger partial charge in [-0.25, -0.2) is 4.98 Å². The van der Waals surface area contributed by atoms with Crippen LogP contribution in [0.25, 0.3) is 0 Å². The quantitative estimate of drug-likeness (QED) is 0.785. The van der Waals surface area contributed by atoms with E-state index in [0.29, 0.717) is 6.42 Å². The molecular weight excluding hydrogens is 268 g/mol. The molecular formula is C13H17ClN2O3. The van der Waals surface area contributed by atoms with Crippen LogP contribution in [0.1, 0.15) is 30.8 Å². The molecule has 0 saturated heterocycles. The highest BCUT2D eigenvalue weighted by molar-refractivity contribution is 6.29. The Kier molecular flexibility index (Phi) is 5.76. The summed E-state index contributed by atoms with van der Waals surface area (Å²) in [4.78, 5) is 26.7. The van der Waals surface area contributed by atoms with Crippen LogP contribution in [0.15, 0.2) is 18.2 Å². The Morgan fingerprint density at radius 3 is 2.63 bits per heavy atom. The number of amides is 1. The Labute approximate surface area is 117 Å². The van der Waals surface area contributed by atoms with Crippen LogP contribution < -0.4 is 5.32 Å². The predicted octanol–water partition coefficient (Wildman–Crippen LogP) is 2.21. The number of nitrogens with one attached hydrogen (secondary N) is 1. The standard InChI is InChI=1S/C13H17ClN2O3/c1-8(2)6-9(13(18)19)7-15-12(17)10-4-3-5-11(14)16-10/h3-5,8-9H,6-7H2,1-2H3,(H,15,17)(H,18,19). The van der Waals surface area contributed by atoms with Crippen molar-refractivity contribution in [3.8, 4) is 0 Å². The molecule has 0 spiro atoms. The van der Waals surface area contributed by atoms with Gasteiger partial charge in [-0.05, 0) is 24.5 Å². The highest BCUT2D eigenvalue weighted by Crippen LogP contribution is 2.11. The maximum absolute atomic E-state index is 11.8. The van der Waals surface area contributed by atoms with Gasteiger partial charge in [0.2, 0.25) is 0 Å². The van der Waals surface area contributed by atoms with Gasteiger partial charge in [0, 0.05) is 6.54 Å². The molecule has 0 bridgehead atoms. The number of halogens is 1. The molecule has 1 heterocycles. The van der Waals surface area contributed by atoms with Gasteiger partial charge in [0.15, 0.2) is 0 Å². The second kappa shape index (κ2) is 7.09. The zero-order chi connectivity index (χ0) is 14.4. The predicted molar refractivity (Wildman–Crippen MR) is 72.2 cm³/mol. The van der Waals surface area contributed by atoms with Crippen molar-refractivity contribution in [1.82, 2.24) is 10.3 Å². The monoisotopic (exact) mass is 284 g/mol. The Hall–Kier alpha value is -1.62. The smallest absolute Gasteiger partial charge is 0.308 e. The lowest BCUT2D eigenvalue weighted by Gasteiger charge is -2.15. The molecule has 1 atom stereocenters. The van der Waals surface area contributed by atoms with E-state index in [4.69, 9.17) is 16.7 Å². The average Bonchev–Trinajstić information content (AvgIpc) is 2.33. The average molecular weight is 285 g/mol. The number of pyridine rings is 1. The second-order valence-electron chi connectivity index (χ2n) is 4.72. The molecule has 2 N–H and O–H groups in total. The molecule has 0 aliphatic carbocycles. The largest absolute Gasteiger partial charge is 0.481 e. The van der Waals surface area contributed by atoms with E-state index < -0.39 is 17.8 Å². The van der Waals surface area contributed by atoms with E-state index in [9.17, 15) is 9.59 Å². The summed E-state index contributed by atoms with van der Waals surface area (Å²) in [6.45, 7) is 3.97. The maximum Gasteiger partial charge on any atom is 0.308 e. The summed E-state index contributed by atoms with van der Waals surface area (Å²) in [5, 5.41) is 11.9. The fraction of sp³-hybridized carbons (Fsp3) is 0.462. The van der Waals surface area contributed by atoms with Gasteiger partial charge in [-0.15, -0.1) is 0 Å². The minimum absolute atomic E-state index is 0.0839. The highest BCUT2D eigenvalue weighted by Gasteiger charge is 2.20. The summed E-state index contributed by atoms with van der Waals surface area (Å²) < 4.78 is 0. The zero-order valence-corrected chi connectivity index (χ0v) is 11.6. The van der Waals surface area contributed by atoms with Crippen molar-refractivity contribution in [3.63, 3.8) is 0 Å². The summed E-state index contributed by atoms with van der Waals surface area (Å²) in [5.74, 6) is -1.67. The molecule has 1 aromatic rings. The molecule has 0 fully saturated rings. The van der Waals surface area contributed by atoms with Crippen molar-refractivity contribution in [2.24, 2.45) is 11.8 Å². The minimum atomic E-state index is -0.909. The first-order valence-corrected chi connectivity index (χ1v) is 6.41. The van der Waals surface area contributed by atoms with E-state index in [1.807, 2.05) is 13.8 Å². The fourth-order valence-electron chi connectivity index (χ4n) is 1.68. The lowest BCUT2D eigenvalue weighted by atomic mass is 9.97. The third-order valence-electron chi connectivity index (χ3n) is 2.56. The molecule has 0 saturated carbocycles. The summed E-state index contributed by atoms with van der Waals surface area (Å²) in [6.07, 6.45) is 0.512. The molecule has 0 aliphatic heterocycles. The number of rotatable bonds is 6. The number of aromatic nitrogens is 1. The lowest BCUT2D eigenvalue weighted by Crippen LogP contribution is -2.34. The van der Waals surface area contributed by atoms with Gasteiger partial charge < -0.3 is 10.4 Å². The first-order valence-electron chi connectivity index (χ1n) is 6.03. The summed E-state index contributed by atoms with van der Waals surface area (Å²) in [7, 11) is 0. The van der Waals surface area contributed by atoms with E-state index in [1.165, 1.54) is 6.07 Å². The molecule has 5 nitrogen and oxygen atoms in total. The Morgan fingerprint density at radius 1 is 1.42 bits per heavy atom. The number of carboxylic acids is 1.